The lowest BCUT2D eigenvalue weighted by Gasteiger charge is -2.18. The van der Waals surface area contributed by atoms with Gasteiger partial charge in [0.25, 0.3) is 5.91 Å². The summed E-state index contributed by atoms with van der Waals surface area (Å²) in [7, 11) is 0. The fourth-order valence-corrected chi connectivity index (χ4v) is 3.65. The van der Waals surface area contributed by atoms with Gasteiger partial charge in [-0.05, 0) is 50.1 Å². The average Bonchev–Trinajstić information content (AvgIpc) is 3.23. The summed E-state index contributed by atoms with van der Waals surface area (Å²) >= 11 is 0. The molecule has 1 amide bonds. The van der Waals surface area contributed by atoms with Crippen LogP contribution in [-0.2, 0) is 17.6 Å². The van der Waals surface area contributed by atoms with Crippen LogP contribution in [0.5, 0.6) is 0 Å². The first-order chi connectivity index (χ1) is 13.6. The fourth-order valence-electron chi connectivity index (χ4n) is 3.65. The van der Waals surface area contributed by atoms with E-state index in [0.29, 0.717) is 17.0 Å². The Labute approximate surface area is 166 Å². The molecule has 2 aromatic heterocycles. The van der Waals surface area contributed by atoms with E-state index in [-0.39, 0.29) is 5.91 Å². The van der Waals surface area contributed by atoms with E-state index in [4.69, 9.17) is 0 Å². The standard InChI is InChI=1S/C21H28N6O/c1-5-15-16(8-11-27(6-2)7-3)14(4)24-18(15)12-17-20(25-26-21(17)28)19-13-22-9-10-23-19/h9-10,12-13,24H,5-8,11H2,1-4H3,(H,26,28). The third-order valence-corrected chi connectivity index (χ3v) is 5.25. The van der Waals surface area contributed by atoms with Crippen molar-refractivity contribution in [1.29, 1.82) is 0 Å². The van der Waals surface area contributed by atoms with Crippen LogP contribution >= 0.6 is 0 Å². The van der Waals surface area contributed by atoms with Gasteiger partial charge in [-0.2, -0.15) is 5.10 Å². The number of carbonyl (C=O) groups is 1. The molecule has 28 heavy (non-hydrogen) atoms. The van der Waals surface area contributed by atoms with Gasteiger partial charge in [-0.1, -0.05) is 20.8 Å². The predicted octanol–water partition coefficient (Wildman–Crippen LogP) is 2.48. The van der Waals surface area contributed by atoms with Gasteiger partial charge in [0, 0.05) is 30.3 Å². The van der Waals surface area contributed by atoms with Crippen molar-refractivity contribution in [3.05, 3.63) is 52.4 Å². The Morgan fingerprint density at radius 1 is 1.14 bits per heavy atom. The summed E-state index contributed by atoms with van der Waals surface area (Å²) in [6, 6.07) is 0. The number of rotatable bonds is 8. The van der Waals surface area contributed by atoms with E-state index in [2.05, 4.69) is 58.1 Å². The number of nitrogens with zero attached hydrogens (tertiary/aromatic N) is 4. The minimum atomic E-state index is -0.223. The van der Waals surface area contributed by atoms with Crippen LogP contribution in [0.15, 0.2) is 29.3 Å². The zero-order valence-corrected chi connectivity index (χ0v) is 17.0. The van der Waals surface area contributed by atoms with E-state index in [1.54, 1.807) is 18.6 Å². The van der Waals surface area contributed by atoms with Crippen LogP contribution in [-0.4, -0.2) is 51.1 Å². The third-order valence-electron chi connectivity index (χ3n) is 5.25. The molecule has 2 N–H and O–H groups in total. The first-order valence-electron chi connectivity index (χ1n) is 9.88. The SMILES string of the molecule is CCc1c(C=C2C(=O)NN=C2c2cnccn2)[nH]c(C)c1CCN(CC)CC. The Morgan fingerprint density at radius 2 is 1.93 bits per heavy atom. The summed E-state index contributed by atoms with van der Waals surface area (Å²) in [6.07, 6.45) is 8.60. The zero-order valence-electron chi connectivity index (χ0n) is 17.0. The molecule has 7 heteroatoms. The highest BCUT2D eigenvalue weighted by Gasteiger charge is 2.26. The van der Waals surface area contributed by atoms with Crippen molar-refractivity contribution >= 4 is 17.7 Å². The van der Waals surface area contributed by atoms with Gasteiger partial charge in [0.2, 0.25) is 0 Å². The molecule has 0 aromatic carbocycles. The molecular formula is C21H28N6O. The Bertz CT molecular complexity index is 893. The van der Waals surface area contributed by atoms with Crippen molar-refractivity contribution in [2.45, 2.75) is 40.5 Å². The van der Waals surface area contributed by atoms with E-state index in [0.717, 1.165) is 43.9 Å². The zero-order chi connectivity index (χ0) is 20.1. The summed E-state index contributed by atoms with van der Waals surface area (Å²) in [5.41, 5.74) is 8.89. The summed E-state index contributed by atoms with van der Waals surface area (Å²) < 4.78 is 0. The van der Waals surface area contributed by atoms with Gasteiger partial charge >= 0.3 is 0 Å². The number of hydrogen-bond donors (Lipinski definition) is 2. The van der Waals surface area contributed by atoms with E-state index in [9.17, 15) is 4.79 Å². The topological polar surface area (TPSA) is 86.3 Å². The van der Waals surface area contributed by atoms with Gasteiger partial charge in [0.15, 0.2) is 0 Å². The molecule has 1 aliphatic rings. The van der Waals surface area contributed by atoms with Gasteiger partial charge in [-0.25, -0.2) is 5.43 Å². The second kappa shape index (κ2) is 8.93. The molecule has 7 nitrogen and oxygen atoms in total. The van der Waals surface area contributed by atoms with Crippen molar-refractivity contribution in [3.8, 4) is 0 Å². The molecule has 148 valence electrons. The number of aromatic nitrogens is 3. The maximum absolute atomic E-state index is 12.4. The first-order valence-corrected chi connectivity index (χ1v) is 9.88. The molecule has 0 aliphatic carbocycles. The van der Waals surface area contributed by atoms with Gasteiger partial charge in [-0.3, -0.25) is 14.8 Å². The first kappa shape index (κ1) is 19.9. The van der Waals surface area contributed by atoms with Gasteiger partial charge in [0.1, 0.15) is 11.4 Å². The number of hydrazone groups is 1. The monoisotopic (exact) mass is 380 g/mol. The van der Waals surface area contributed by atoms with Crippen LogP contribution in [0.1, 0.15) is 49.0 Å². The van der Waals surface area contributed by atoms with Crippen molar-refractivity contribution in [1.82, 2.24) is 25.3 Å². The number of carbonyl (C=O) groups excluding carboxylic acids is 1. The maximum atomic E-state index is 12.4. The Morgan fingerprint density at radius 3 is 2.57 bits per heavy atom. The summed E-state index contributed by atoms with van der Waals surface area (Å²) in [6.45, 7) is 11.8. The second-order valence-corrected chi connectivity index (χ2v) is 6.80. The lowest BCUT2D eigenvalue weighted by Crippen LogP contribution is -2.25. The molecule has 0 fully saturated rings. The molecule has 0 saturated carbocycles. The molecule has 0 bridgehead atoms. The molecule has 0 unspecified atom stereocenters. The molecular weight excluding hydrogens is 352 g/mol. The van der Waals surface area contributed by atoms with Crippen LogP contribution in [0.2, 0.25) is 0 Å². The van der Waals surface area contributed by atoms with Crippen molar-refractivity contribution < 1.29 is 4.79 Å². The highest BCUT2D eigenvalue weighted by Crippen LogP contribution is 2.24. The highest BCUT2D eigenvalue weighted by atomic mass is 16.2. The Kier molecular flexibility index (Phi) is 6.36. The minimum absolute atomic E-state index is 0.223. The summed E-state index contributed by atoms with van der Waals surface area (Å²) in [4.78, 5) is 26.6. The number of likely N-dealkylation sites (N-methyl/N-ethyl adjacent to an activating group) is 1. The van der Waals surface area contributed by atoms with Gasteiger partial charge < -0.3 is 9.88 Å². The van der Waals surface area contributed by atoms with Crippen LogP contribution in [0.25, 0.3) is 6.08 Å². The van der Waals surface area contributed by atoms with Crippen molar-refractivity contribution in [3.63, 3.8) is 0 Å². The number of hydrogen-bond acceptors (Lipinski definition) is 5. The molecule has 3 heterocycles. The van der Waals surface area contributed by atoms with E-state index in [1.165, 1.54) is 11.1 Å². The Hall–Kier alpha value is -2.80. The van der Waals surface area contributed by atoms with Crippen LogP contribution in [0, 0.1) is 6.92 Å². The fraction of sp³-hybridized carbons (Fsp3) is 0.429. The van der Waals surface area contributed by atoms with Crippen molar-refractivity contribution in [2.24, 2.45) is 5.10 Å². The molecule has 3 rings (SSSR count). The number of aromatic amines is 1. The minimum Gasteiger partial charge on any atom is -0.359 e. The van der Waals surface area contributed by atoms with E-state index < -0.39 is 0 Å². The van der Waals surface area contributed by atoms with Gasteiger partial charge in [-0.15, -0.1) is 0 Å². The molecule has 0 spiro atoms. The number of nitrogens with one attached hydrogen (secondary N) is 2. The lowest BCUT2D eigenvalue weighted by molar-refractivity contribution is -0.116. The molecule has 0 radical (unpaired) electrons. The Balaban J connectivity index is 1.94. The van der Waals surface area contributed by atoms with Crippen molar-refractivity contribution in [2.75, 3.05) is 19.6 Å². The maximum Gasteiger partial charge on any atom is 0.273 e. The summed E-state index contributed by atoms with van der Waals surface area (Å²) in [5, 5.41) is 4.16. The third kappa shape index (κ3) is 4.04. The largest absolute Gasteiger partial charge is 0.359 e. The molecule has 1 aliphatic heterocycles. The highest BCUT2D eigenvalue weighted by molar-refractivity contribution is 6.32. The van der Waals surface area contributed by atoms with Gasteiger partial charge in [0.05, 0.1) is 11.8 Å². The normalized spacial score (nSPS) is 15.4. The second-order valence-electron chi connectivity index (χ2n) is 6.80. The number of aryl methyl sites for hydroxylation is 1. The quantitative estimate of drug-likeness (QED) is 0.689. The smallest absolute Gasteiger partial charge is 0.273 e. The predicted molar refractivity (Wildman–Crippen MR) is 111 cm³/mol. The number of amides is 1. The van der Waals surface area contributed by atoms with Crippen LogP contribution < -0.4 is 5.43 Å². The molecule has 2 aromatic rings. The number of H-pyrrole nitrogens is 1. The lowest BCUT2D eigenvalue weighted by atomic mass is 10.0. The van der Waals surface area contributed by atoms with Crippen LogP contribution in [0.3, 0.4) is 0 Å². The van der Waals surface area contributed by atoms with Crippen LogP contribution in [0.4, 0.5) is 0 Å². The average molecular weight is 380 g/mol. The molecule has 0 atom stereocenters. The summed E-state index contributed by atoms with van der Waals surface area (Å²) in [5.74, 6) is -0.223. The van der Waals surface area contributed by atoms with E-state index >= 15 is 0 Å². The molecule has 0 saturated heterocycles. The van der Waals surface area contributed by atoms with E-state index in [1.807, 2.05) is 6.08 Å².